The zero-order valence-electron chi connectivity index (χ0n) is 11.6. The Kier molecular flexibility index (Phi) is 4.29. The van der Waals surface area contributed by atoms with Crippen molar-refractivity contribution >= 4 is 22.6 Å². The van der Waals surface area contributed by atoms with Crippen LogP contribution in [0.15, 0.2) is 28.7 Å². The quantitative estimate of drug-likeness (QED) is 0.627. The number of benzene rings is 1. The summed E-state index contributed by atoms with van der Waals surface area (Å²) in [5.41, 5.74) is 3.76. The second kappa shape index (κ2) is 6.17. The van der Waals surface area contributed by atoms with E-state index in [0.717, 1.165) is 34.1 Å². The normalized spacial score (nSPS) is 17.9. The van der Waals surface area contributed by atoms with Crippen molar-refractivity contribution < 1.29 is 4.42 Å². The van der Waals surface area contributed by atoms with Gasteiger partial charge in [0, 0.05) is 10.4 Å². The number of nitrogens with one attached hydrogen (secondary N) is 1. The van der Waals surface area contributed by atoms with Crippen molar-refractivity contribution in [1.29, 1.82) is 0 Å². The Hall–Kier alpha value is -1.03. The molecule has 1 unspecified atom stereocenters. The molecule has 3 rings (SSSR count). The lowest BCUT2D eigenvalue weighted by molar-refractivity contribution is 0.372. The molecule has 2 aromatic rings. The third kappa shape index (κ3) is 3.00. The second-order valence-electron chi connectivity index (χ2n) is 5.78. The predicted molar refractivity (Wildman–Crippen MR) is 82.5 cm³/mol. The number of fused-ring (bicyclic) bond motifs is 1. The van der Waals surface area contributed by atoms with Crippen LogP contribution in [0.3, 0.4) is 0 Å². The SMILES string of the molecule is NNC(CCC1CCCC1)c1cc2cc(Cl)ccc2o1. The van der Waals surface area contributed by atoms with Gasteiger partial charge >= 0.3 is 0 Å². The third-order valence-corrected chi connectivity index (χ3v) is 4.62. The molecule has 0 radical (unpaired) electrons. The molecule has 1 aliphatic carbocycles. The number of halogens is 1. The fourth-order valence-corrected chi connectivity index (χ4v) is 3.40. The number of hydrogen-bond acceptors (Lipinski definition) is 3. The van der Waals surface area contributed by atoms with Gasteiger partial charge in [-0.25, -0.2) is 5.43 Å². The molecular weight excluding hydrogens is 272 g/mol. The van der Waals surface area contributed by atoms with Crippen LogP contribution in [-0.4, -0.2) is 0 Å². The summed E-state index contributed by atoms with van der Waals surface area (Å²) in [5.74, 6) is 7.48. The van der Waals surface area contributed by atoms with Crippen molar-refractivity contribution in [3.63, 3.8) is 0 Å². The molecule has 20 heavy (non-hydrogen) atoms. The van der Waals surface area contributed by atoms with Crippen molar-refractivity contribution in [2.45, 2.75) is 44.6 Å². The van der Waals surface area contributed by atoms with Crippen LogP contribution in [0.5, 0.6) is 0 Å². The van der Waals surface area contributed by atoms with Crippen LogP contribution in [-0.2, 0) is 0 Å². The van der Waals surface area contributed by atoms with Gasteiger partial charge in [0.2, 0.25) is 0 Å². The standard InChI is InChI=1S/C16H21ClN2O/c17-13-6-8-15-12(9-13)10-16(20-15)14(19-18)7-5-11-3-1-2-4-11/h6,8-11,14,19H,1-5,7,18H2. The van der Waals surface area contributed by atoms with Crippen LogP contribution in [0.2, 0.25) is 5.02 Å². The minimum Gasteiger partial charge on any atom is -0.459 e. The van der Waals surface area contributed by atoms with Gasteiger partial charge in [-0.3, -0.25) is 5.84 Å². The summed E-state index contributed by atoms with van der Waals surface area (Å²) in [6.45, 7) is 0. The van der Waals surface area contributed by atoms with Crippen LogP contribution in [0, 0.1) is 5.92 Å². The number of furan rings is 1. The Labute approximate surface area is 124 Å². The zero-order valence-corrected chi connectivity index (χ0v) is 12.3. The molecule has 1 aliphatic rings. The van der Waals surface area contributed by atoms with Gasteiger partial charge in [0.1, 0.15) is 11.3 Å². The van der Waals surface area contributed by atoms with Gasteiger partial charge in [-0.2, -0.15) is 0 Å². The zero-order chi connectivity index (χ0) is 13.9. The number of rotatable bonds is 5. The van der Waals surface area contributed by atoms with Crippen LogP contribution in [0.25, 0.3) is 11.0 Å². The Bertz CT molecular complexity index is 575. The molecule has 108 valence electrons. The Morgan fingerprint density at radius 3 is 2.85 bits per heavy atom. The van der Waals surface area contributed by atoms with Gasteiger partial charge in [0.25, 0.3) is 0 Å². The molecule has 1 fully saturated rings. The average molecular weight is 293 g/mol. The van der Waals surface area contributed by atoms with E-state index >= 15 is 0 Å². The first kappa shape index (κ1) is 13.9. The molecule has 0 saturated heterocycles. The topological polar surface area (TPSA) is 51.2 Å². The smallest absolute Gasteiger partial charge is 0.134 e. The number of hydrogen-bond donors (Lipinski definition) is 2. The van der Waals surface area contributed by atoms with Crippen molar-refractivity contribution in [3.05, 3.63) is 35.0 Å². The molecule has 0 bridgehead atoms. The second-order valence-corrected chi connectivity index (χ2v) is 6.21. The van der Waals surface area contributed by atoms with Gasteiger partial charge in [0.05, 0.1) is 6.04 Å². The lowest BCUT2D eigenvalue weighted by atomic mass is 9.98. The van der Waals surface area contributed by atoms with Crippen LogP contribution >= 0.6 is 11.6 Å². The summed E-state index contributed by atoms with van der Waals surface area (Å²) >= 11 is 6.01. The minimum absolute atomic E-state index is 0.0850. The van der Waals surface area contributed by atoms with E-state index in [9.17, 15) is 0 Å². The third-order valence-electron chi connectivity index (χ3n) is 4.38. The highest BCUT2D eigenvalue weighted by Gasteiger charge is 2.20. The number of nitrogens with two attached hydrogens (primary N) is 1. The fourth-order valence-electron chi connectivity index (χ4n) is 3.22. The minimum atomic E-state index is 0.0850. The molecule has 1 aromatic carbocycles. The van der Waals surface area contributed by atoms with Gasteiger partial charge in [0.15, 0.2) is 0 Å². The van der Waals surface area contributed by atoms with E-state index < -0.39 is 0 Å². The van der Waals surface area contributed by atoms with E-state index in [1.54, 1.807) is 0 Å². The Morgan fingerprint density at radius 2 is 2.10 bits per heavy atom. The van der Waals surface area contributed by atoms with Crippen molar-refractivity contribution in [2.75, 3.05) is 0 Å². The average Bonchev–Trinajstić information content (AvgIpc) is 3.08. The van der Waals surface area contributed by atoms with E-state index in [2.05, 4.69) is 5.43 Å². The van der Waals surface area contributed by atoms with Crippen LogP contribution in [0.1, 0.15) is 50.3 Å². The maximum atomic E-state index is 6.01. The van der Waals surface area contributed by atoms with E-state index in [1.165, 1.54) is 32.1 Å². The summed E-state index contributed by atoms with van der Waals surface area (Å²) < 4.78 is 5.89. The molecule has 1 aromatic heterocycles. The first-order chi connectivity index (χ1) is 9.76. The van der Waals surface area contributed by atoms with Gasteiger partial charge in [-0.05, 0) is 43.0 Å². The first-order valence-corrected chi connectivity index (χ1v) is 7.79. The largest absolute Gasteiger partial charge is 0.459 e. The van der Waals surface area contributed by atoms with E-state index in [1.807, 2.05) is 24.3 Å². The monoisotopic (exact) mass is 292 g/mol. The maximum absolute atomic E-state index is 6.01. The Balaban J connectivity index is 1.72. The highest BCUT2D eigenvalue weighted by Crippen LogP contribution is 2.33. The van der Waals surface area contributed by atoms with E-state index in [4.69, 9.17) is 21.9 Å². The first-order valence-electron chi connectivity index (χ1n) is 7.41. The Morgan fingerprint density at radius 1 is 1.30 bits per heavy atom. The fraction of sp³-hybridized carbons (Fsp3) is 0.500. The van der Waals surface area contributed by atoms with Crippen molar-refractivity contribution in [2.24, 2.45) is 11.8 Å². The molecule has 1 atom stereocenters. The van der Waals surface area contributed by atoms with Crippen molar-refractivity contribution in [1.82, 2.24) is 5.43 Å². The van der Waals surface area contributed by atoms with E-state index in [-0.39, 0.29) is 6.04 Å². The summed E-state index contributed by atoms with van der Waals surface area (Å²) in [4.78, 5) is 0. The van der Waals surface area contributed by atoms with Gasteiger partial charge in [-0.15, -0.1) is 0 Å². The van der Waals surface area contributed by atoms with Crippen LogP contribution < -0.4 is 11.3 Å². The lowest BCUT2D eigenvalue weighted by Gasteiger charge is -2.15. The molecule has 3 N–H and O–H groups in total. The predicted octanol–water partition coefficient (Wildman–Crippen LogP) is 4.56. The summed E-state index contributed by atoms with van der Waals surface area (Å²) in [5, 5.41) is 1.77. The molecule has 0 amide bonds. The van der Waals surface area contributed by atoms with Crippen LogP contribution in [0.4, 0.5) is 0 Å². The van der Waals surface area contributed by atoms with Gasteiger partial charge in [-0.1, -0.05) is 37.3 Å². The molecule has 0 spiro atoms. The number of hydrazine groups is 1. The summed E-state index contributed by atoms with van der Waals surface area (Å²) in [7, 11) is 0. The summed E-state index contributed by atoms with van der Waals surface area (Å²) in [6, 6.07) is 7.81. The van der Waals surface area contributed by atoms with Gasteiger partial charge < -0.3 is 4.42 Å². The van der Waals surface area contributed by atoms with E-state index in [0.29, 0.717) is 0 Å². The molecule has 4 heteroatoms. The lowest BCUT2D eigenvalue weighted by Crippen LogP contribution is -2.28. The maximum Gasteiger partial charge on any atom is 0.134 e. The molecule has 3 nitrogen and oxygen atoms in total. The highest BCUT2D eigenvalue weighted by atomic mass is 35.5. The molecule has 1 heterocycles. The summed E-state index contributed by atoms with van der Waals surface area (Å²) in [6.07, 6.45) is 7.74. The highest BCUT2D eigenvalue weighted by molar-refractivity contribution is 6.31. The molecule has 0 aliphatic heterocycles. The molecule has 1 saturated carbocycles. The van der Waals surface area contributed by atoms with Crippen molar-refractivity contribution in [3.8, 4) is 0 Å². The molecular formula is C16H21ClN2O.